The third-order valence-corrected chi connectivity index (χ3v) is 9.98. The molecule has 2 aromatic carbocycles. The molecule has 2 unspecified atom stereocenters. The second kappa shape index (κ2) is 9.91. The molecular formula is C30H29F2N5O5S. The Hall–Kier alpha value is -4.23. The summed E-state index contributed by atoms with van der Waals surface area (Å²) in [4.78, 5) is 45.5. The second-order valence-corrected chi connectivity index (χ2v) is 13.7. The average molecular weight is 610 g/mol. The summed E-state index contributed by atoms with van der Waals surface area (Å²) in [5.74, 6) is -2.65. The number of anilines is 2. The van der Waals surface area contributed by atoms with E-state index in [0.717, 1.165) is 44.3 Å². The molecular weight excluding hydrogens is 580 g/mol. The molecule has 1 fully saturated rings. The van der Waals surface area contributed by atoms with Gasteiger partial charge in [0.2, 0.25) is 27.7 Å². The van der Waals surface area contributed by atoms with Crippen LogP contribution in [0, 0.1) is 11.6 Å². The molecule has 3 heterocycles. The van der Waals surface area contributed by atoms with Crippen molar-refractivity contribution in [3.63, 3.8) is 0 Å². The monoisotopic (exact) mass is 609 g/mol. The quantitative estimate of drug-likeness (QED) is 0.458. The van der Waals surface area contributed by atoms with Crippen LogP contribution in [0.25, 0.3) is 0 Å². The van der Waals surface area contributed by atoms with Crippen LogP contribution in [0.15, 0.2) is 54.7 Å². The maximum atomic E-state index is 14.2. The predicted molar refractivity (Wildman–Crippen MR) is 153 cm³/mol. The molecule has 2 atom stereocenters. The molecule has 6 rings (SSSR count). The van der Waals surface area contributed by atoms with Crippen molar-refractivity contribution in [2.45, 2.75) is 43.7 Å². The Morgan fingerprint density at radius 2 is 1.77 bits per heavy atom. The summed E-state index contributed by atoms with van der Waals surface area (Å²) in [5.41, 5.74) is 0.819. The highest BCUT2D eigenvalue weighted by Crippen LogP contribution is 2.47. The first-order valence-corrected chi connectivity index (χ1v) is 15.5. The van der Waals surface area contributed by atoms with Crippen LogP contribution in [0.3, 0.4) is 0 Å². The van der Waals surface area contributed by atoms with Gasteiger partial charge in [0.05, 0.1) is 17.7 Å². The zero-order valence-corrected chi connectivity index (χ0v) is 24.5. The van der Waals surface area contributed by atoms with Crippen molar-refractivity contribution in [3.8, 4) is 0 Å². The summed E-state index contributed by atoms with van der Waals surface area (Å²) < 4.78 is 54.5. The number of sulfonamides is 1. The number of amides is 3. The summed E-state index contributed by atoms with van der Waals surface area (Å²) in [5, 5.41) is 5.65. The molecule has 13 heteroatoms. The Balaban J connectivity index is 1.26. The lowest BCUT2D eigenvalue weighted by molar-refractivity contribution is -0.151. The Morgan fingerprint density at radius 3 is 2.47 bits per heavy atom. The van der Waals surface area contributed by atoms with Crippen molar-refractivity contribution in [2.75, 3.05) is 30.0 Å². The van der Waals surface area contributed by atoms with Crippen molar-refractivity contribution in [2.24, 2.45) is 0 Å². The summed E-state index contributed by atoms with van der Waals surface area (Å²) in [6, 6.07) is 10.6. The molecule has 1 saturated heterocycles. The van der Waals surface area contributed by atoms with E-state index in [1.807, 2.05) is 12.1 Å². The number of fused-ring (bicyclic) bond motifs is 3. The number of carbonyl (C=O) groups is 3. The number of carbonyl (C=O) groups excluding carboxylic acids is 3. The molecule has 10 nitrogen and oxygen atoms in total. The standard InChI is InChI=1S/C30H29F2N5O5S/c1-29(2)28(40)36(24(15-37(29)43(3,41)42)18-9-20(31)12-21(32)10-18)16-25(38)34-22-7-6-17-13-30(14-19(17)11-22)23-5-4-8-33-26(23)35-27(30)39/h4-12,24H,13-16H2,1-3H3,(H,34,38)(H,33,35,39). The van der Waals surface area contributed by atoms with Crippen LogP contribution in [0.5, 0.6) is 0 Å². The number of piperazine rings is 1. The molecule has 3 amide bonds. The largest absolute Gasteiger partial charge is 0.325 e. The van der Waals surface area contributed by atoms with Crippen molar-refractivity contribution in [1.82, 2.24) is 14.2 Å². The fourth-order valence-electron chi connectivity index (χ4n) is 6.57. The van der Waals surface area contributed by atoms with Gasteiger partial charge in [-0.25, -0.2) is 22.2 Å². The summed E-state index contributed by atoms with van der Waals surface area (Å²) in [6.07, 6.45) is 3.48. The van der Waals surface area contributed by atoms with Crippen LogP contribution < -0.4 is 10.6 Å². The van der Waals surface area contributed by atoms with E-state index in [2.05, 4.69) is 15.6 Å². The number of hydrogen-bond acceptors (Lipinski definition) is 6. The highest BCUT2D eigenvalue weighted by Gasteiger charge is 2.52. The van der Waals surface area contributed by atoms with Gasteiger partial charge in [0.25, 0.3) is 0 Å². The number of halogens is 2. The number of nitrogens with zero attached hydrogens (tertiary/aromatic N) is 3. The maximum Gasteiger partial charge on any atom is 0.244 e. The summed E-state index contributed by atoms with van der Waals surface area (Å²) >= 11 is 0. The molecule has 2 aliphatic heterocycles. The topological polar surface area (TPSA) is 129 Å². The fourth-order valence-corrected chi connectivity index (χ4v) is 7.89. The van der Waals surface area contributed by atoms with E-state index in [4.69, 9.17) is 0 Å². The van der Waals surface area contributed by atoms with Gasteiger partial charge in [0.15, 0.2) is 0 Å². The van der Waals surface area contributed by atoms with Gasteiger partial charge in [-0.3, -0.25) is 14.4 Å². The molecule has 1 aliphatic carbocycles. The van der Waals surface area contributed by atoms with Gasteiger partial charge in [0.1, 0.15) is 29.5 Å². The number of hydrogen-bond donors (Lipinski definition) is 2. The minimum Gasteiger partial charge on any atom is -0.325 e. The van der Waals surface area contributed by atoms with Crippen molar-refractivity contribution in [3.05, 3.63) is 88.6 Å². The Morgan fingerprint density at radius 1 is 1.07 bits per heavy atom. The number of rotatable bonds is 5. The molecule has 43 heavy (non-hydrogen) atoms. The molecule has 2 N–H and O–H groups in total. The number of benzene rings is 2. The van der Waals surface area contributed by atoms with Crippen LogP contribution in [0.1, 0.15) is 42.1 Å². The predicted octanol–water partition coefficient (Wildman–Crippen LogP) is 2.91. The summed E-state index contributed by atoms with van der Waals surface area (Å²) in [7, 11) is -3.90. The lowest BCUT2D eigenvalue weighted by Gasteiger charge is -2.48. The van der Waals surface area contributed by atoms with Crippen LogP contribution in [-0.2, 0) is 42.7 Å². The number of aromatic nitrogens is 1. The first-order valence-electron chi connectivity index (χ1n) is 13.6. The molecule has 224 valence electrons. The van der Waals surface area contributed by atoms with E-state index in [1.54, 1.807) is 24.4 Å². The van der Waals surface area contributed by atoms with E-state index >= 15 is 0 Å². The first-order chi connectivity index (χ1) is 20.2. The maximum absolute atomic E-state index is 14.2. The fraction of sp³-hybridized carbons (Fsp3) is 0.333. The minimum absolute atomic E-state index is 0.0234. The van der Waals surface area contributed by atoms with Crippen molar-refractivity contribution < 1.29 is 31.6 Å². The molecule has 0 saturated carbocycles. The molecule has 0 bridgehead atoms. The molecule has 3 aromatic rings. The van der Waals surface area contributed by atoms with E-state index in [-0.39, 0.29) is 18.0 Å². The zero-order chi connectivity index (χ0) is 30.9. The second-order valence-electron chi connectivity index (χ2n) is 11.8. The van der Waals surface area contributed by atoms with E-state index in [9.17, 15) is 31.6 Å². The first kappa shape index (κ1) is 28.9. The average Bonchev–Trinajstić information content (AvgIpc) is 3.42. The van der Waals surface area contributed by atoms with Gasteiger partial charge in [-0.2, -0.15) is 4.31 Å². The number of nitrogens with one attached hydrogen (secondary N) is 2. The highest BCUT2D eigenvalue weighted by molar-refractivity contribution is 7.88. The van der Waals surface area contributed by atoms with Gasteiger partial charge in [-0.15, -0.1) is 0 Å². The van der Waals surface area contributed by atoms with Gasteiger partial charge >= 0.3 is 0 Å². The van der Waals surface area contributed by atoms with E-state index < -0.39 is 57.0 Å². The lowest BCUT2D eigenvalue weighted by Crippen LogP contribution is -2.65. The third kappa shape index (κ3) is 4.85. The van der Waals surface area contributed by atoms with Gasteiger partial charge in [-0.05, 0) is 73.7 Å². The minimum atomic E-state index is -3.90. The van der Waals surface area contributed by atoms with Crippen LogP contribution in [-0.4, -0.2) is 65.2 Å². The molecule has 3 aliphatic rings. The Bertz CT molecular complexity index is 1790. The normalized spacial score (nSPS) is 22.8. The van der Waals surface area contributed by atoms with Gasteiger partial charge in [-0.1, -0.05) is 12.1 Å². The van der Waals surface area contributed by atoms with E-state index in [1.165, 1.54) is 13.8 Å². The number of pyridine rings is 1. The third-order valence-electron chi connectivity index (χ3n) is 8.57. The Kier molecular flexibility index (Phi) is 6.66. The van der Waals surface area contributed by atoms with Crippen LogP contribution in [0.4, 0.5) is 20.3 Å². The molecule has 0 radical (unpaired) electrons. The van der Waals surface area contributed by atoms with Crippen LogP contribution in [0.2, 0.25) is 0 Å². The summed E-state index contributed by atoms with van der Waals surface area (Å²) in [6.45, 7) is 2.05. The van der Waals surface area contributed by atoms with E-state index in [0.29, 0.717) is 30.4 Å². The molecule has 1 spiro atoms. The highest BCUT2D eigenvalue weighted by atomic mass is 32.2. The van der Waals surface area contributed by atoms with Gasteiger partial charge < -0.3 is 15.5 Å². The van der Waals surface area contributed by atoms with Gasteiger partial charge in [0, 0.05) is 30.1 Å². The smallest absolute Gasteiger partial charge is 0.244 e. The SMILES string of the molecule is CC1(C)C(=O)N(CC(=O)Nc2ccc3c(c2)CC2(C3)C(=O)Nc3ncccc32)C(c2cc(F)cc(F)c2)CN1S(C)(=O)=O. The Labute approximate surface area is 247 Å². The van der Waals surface area contributed by atoms with Crippen molar-refractivity contribution >= 4 is 39.3 Å². The van der Waals surface area contributed by atoms with Crippen LogP contribution >= 0.6 is 0 Å². The van der Waals surface area contributed by atoms with Crippen molar-refractivity contribution in [1.29, 1.82) is 0 Å². The molecule has 1 aromatic heterocycles. The zero-order valence-electron chi connectivity index (χ0n) is 23.6. The lowest BCUT2D eigenvalue weighted by atomic mass is 9.79.